The Hall–Kier alpha value is -4.23. The Balaban J connectivity index is 1.55. The molecule has 3 N–H and O–H groups in total. The summed E-state index contributed by atoms with van der Waals surface area (Å²) in [6, 6.07) is 20.2. The number of benzene rings is 3. The number of rotatable bonds is 7. The molecule has 4 rings (SSSR count). The van der Waals surface area contributed by atoms with Crippen molar-refractivity contribution >= 4 is 40.1 Å². The van der Waals surface area contributed by atoms with Crippen LogP contribution in [0.25, 0.3) is 17.0 Å². The summed E-state index contributed by atoms with van der Waals surface area (Å²) in [6.07, 6.45) is 4.92. The lowest BCUT2D eigenvalue weighted by Gasteiger charge is -2.12. The highest BCUT2D eigenvalue weighted by Gasteiger charge is 2.10. The molecule has 1 aromatic heterocycles. The average Bonchev–Trinajstić information content (AvgIpc) is 2.84. The van der Waals surface area contributed by atoms with Gasteiger partial charge in [0.05, 0.1) is 19.2 Å². The van der Waals surface area contributed by atoms with Gasteiger partial charge in [-0.3, -0.25) is 4.79 Å². The quantitative estimate of drug-likeness (QED) is 0.398. The number of hydrogen-bond acceptors (Lipinski definition) is 6. The van der Waals surface area contributed by atoms with Gasteiger partial charge in [0.25, 0.3) is 5.91 Å². The van der Waals surface area contributed by atoms with Crippen LogP contribution in [0.1, 0.15) is 15.9 Å². The standard InChI is InChI=1S/C25H22N4O3/c1-32-23-15-21-22(14-18(23)8-5-13-30)26-16-27-24(21)28-19-9-11-20(12-10-19)29-25(31)17-6-3-2-4-7-17/h2-12,14-16,30H,13H2,1H3,(H,29,31)(H,26,27,28)/b8-5+. The zero-order valence-corrected chi connectivity index (χ0v) is 17.4. The van der Waals surface area contributed by atoms with Crippen molar-refractivity contribution in [3.8, 4) is 5.75 Å². The maximum absolute atomic E-state index is 12.3. The number of carbonyl (C=O) groups is 1. The van der Waals surface area contributed by atoms with E-state index < -0.39 is 0 Å². The molecule has 1 amide bonds. The van der Waals surface area contributed by atoms with Gasteiger partial charge in [-0.15, -0.1) is 0 Å². The normalized spacial score (nSPS) is 10.9. The third-order valence-electron chi connectivity index (χ3n) is 4.83. The topological polar surface area (TPSA) is 96.4 Å². The van der Waals surface area contributed by atoms with Crippen LogP contribution in [0.4, 0.5) is 17.2 Å². The predicted octanol–water partition coefficient (Wildman–Crippen LogP) is 4.64. The summed E-state index contributed by atoms with van der Waals surface area (Å²) in [5.74, 6) is 1.12. The minimum atomic E-state index is -0.161. The van der Waals surface area contributed by atoms with Crippen molar-refractivity contribution in [2.75, 3.05) is 24.4 Å². The van der Waals surface area contributed by atoms with Gasteiger partial charge in [0.2, 0.25) is 0 Å². The largest absolute Gasteiger partial charge is 0.496 e. The number of nitrogens with one attached hydrogen (secondary N) is 2. The number of ether oxygens (including phenoxy) is 1. The monoisotopic (exact) mass is 426 g/mol. The van der Waals surface area contributed by atoms with Gasteiger partial charge >= 0.3 is 0 Å². The Bertz CT molecular complexity index is 1260. The second-order valence-corrected chi connectivity index (χ2v) is 6.94. The van der Waals surface area contributed by atoms with E-state index in [9.17, 15) is 4.79 Å². The molecule has 0 unspecified atom stereocenters. The Morgan fingerprint density at radius 3 is 2.50 bits per heavy atom. The Labute approximate surface area is 185 Å². The number of methoxy groups -OCH3 is 1. The summed E-state index contributed by atoms with van der Waals surface area (Å²) in [4.78, 5) is 21.0. The molecule has 0 bridgehead atoms. The van der Waals surface area contributed by atoms with Gasteiger partial charge in [-0.1, -0.05) is 30.4 Å². The smallest absolute Gasteiger partial charge is 0.255 e. The van der Waals surface area contributed by atoms with E-state index >= 15 is 0 Å². The van der Waals surface area contributed by atoms with Crippen LogP contribution in [-0.4, -0.2) is 34.7 Å². The fourth-order valence-electron chi connectivity index (χ4n) is 3.25. The summed E-state index contributed by atoms with van der Waals surface area (Å²) in [7, 11) is 1.59. The maximum Gasteiger partial charge on any atom is 0.255 e. The Morgan fingerprint density at radius 1 is 1.03 bits per heavy atom. The molecule has 160 valence electrons. The van der Waals surface area contributed by atoms with E-state index in [1.165, 1.54) is 6.33 Å². The van der Waals surface area contributed by atoms with Crippen molar-refractivity contribution in [3.05, 3.63) is 90.3 Å². The number of aliphatic hydroxyl groups is 1. The molecule has 0 aliphatic heterocycles. The van der Waals surface area contributed by atoms with E-state index in [0.717, 1.165) is 22.2 Å². The highest BCUT2D eigenvalue weighted by atomic mass is 16.5. The molecule has 7 heteroatoms. The fraction of sp³-hybridized carbons (Fsp3) is 0.0800. The maximum atomic E-state index is 12.3. The first-order valence-electron chi connectivity index (χ1n) is 10.0. The van der Waals surface area contributed by atoms with Crippen molar-refractivity contribution in [2.45, 2.75) is 0 Å². The van der Waals surface area contributed by atoms with Crippen LogP contribution in [0.15, 0.2) is 79.1 Å². The zero-order chi connectivity index (χ0) is 22.3. The van der Waals surface area contributed by atoms with Crippen LogP contribution >= 0.6 is 0 Å². The lowest BCUT2D eigenvalue weighted by molar-refractivity contribution is 0.102. The summed E-state index contributed by atoms with van der Waals surface area (Å²) >= 11 is 0. The number of fused-ring (bicyclic) bond motifs is 1. The number of hydrogen-bond donors (Lipinski definition) is 3. The number of anilines is 3. The fourth-order valence-corrected chi connectivity index (χ4v) is 3.25. The van der Waals surface area contributed by atoms with Gasteiger partial charge in [-0.2, -0.15) is 0 Å². The molecule has 0 fully saturated rings. The van der Waals surface area contributed by atoms with Crippen LogP contribution in [0.3, 0.4) is 0 Å². The Kier molecular flexibility index (Phi) is 6.38. The molecule has 0 saturated heterocycles. The molecule has 32 heavy (non-hydrogen) atoms. The lowest BCUT2D eigenvalue weighted by atomic mass is 10.1. The highest BCUT2D eigenvalue weighted by molar-refractivity contribution is 6.04. The summed E-state index contributed by atoms with van der Waals surface area (Å²) < 4.78 is 5.49. The van der Waals surface area contributed by atoms with E-state index in [0.29, 0.717) is 22.8 Å². The van der Waals surface area contributed by atoms with Crippen molar-refractivity contribution in [1.82, 2.24) is 9.97 Å². The molecule has 0 saturated carbocycles. The number of nitrogens with zero attached hydrogens (tertiary/aromatic N) is 2. The average molecular weight is 426 g/mol. The molecule has 3 aromatic carbocycles. The van der Waals surface area contributed by atoms with E-state index in [4.69, 9.17) is 9.84 Å². The van der Waals surface area contributed by atoms with Gasteiger partial charge in [-0.05, 0) is 48.5 Å². The first kappa shape index (κ1) is 21.0. The first-order chi connectivity index (χ1) is 15.7. The summed E-state index contributed by atoms with van der Waals surface area (Å²) in [5, 5.41) is 16.0. The van der Waals surface area contributed by atoms with Crippen LogP contribution in [-0.2, 0) is 0 Å². The van der Waals surface area contributed by atoms with Gasteiger partial charge in [-0.25, -0.2) is 9.97 Å². The third kappa shape index (κ3) is 4.74. The molecule has 0 atom stereocenters. The van der Waals surface area contributed by atoms with Crippen molar-refractivity contribution in [2.24, 2.45) is 0 Å². The van der Waals surface area contributed by atoms with Crippen molar-refractivity contribution < 1.29 is 14.6 Å². The first-order valence-corrected chi connectivity index (χ1v) is 10.0. The SMILES string of the molecule is COc1cc2c(Nc3ccc(NC(=O)c4ccccc4)cc3)ncnc2cc1/C=C/CO. The van der Waals surface area contributed by atoms with Gasteiger partial charge in [0.15, 0.2) is 0 Å². The zero-order valence-electron chi connectivity index (χ0n) is 17.4. The molecule has 7 nitrogen and oxygen atoms in total. The number of amides is 1. The highest BCUT2D eigenvalue weighted by Crippen LogP contribution is 2.31. The number of aromatic nitrogens is 2. The molecule has 0 spiro atoms. The summed E-state index contributed by atoms with van der Waals surface area (Å²) in [6.45, 7) is -0.0560. The molecule has 0 aliphatic rings. The van der Waals surface area contributed by atoms with Gasteiger partial charge in [0.1, 0.15) is 17.9 Å². The Morgan fingerprint density at radius 2 is 1.78 bits per heavy atom. The van der Waals surface area contributed by atoms with E-state index in [-0.39, 0.29) is 12.5 Å². The van der Waals surface area contributed by atoms with E-state index in [1.54, 1.807) is 31.4 Å². The van der Waals surface area contributed by atoms with E-state index in [2.05, 4.69) is 20.6 Å². The van der Waals surface area contributed by atoms with Crippen LogP contribution in [0, 0.1) is 0 Å². The van der Waals surface area contributed by atoms with Crippen LogP contribution in [0.5, 0.6) is 5.75 Å². The van der Waals surface area contributed by atoms with E-state index in [1.807, 2.05) is 54.6 Å². The second kappa shape index (κ2) is 9.72. The lowest BCUT2D eigenvalue weighted by Crippen LogP contribution is -2.11. The number of carbonyl (C=O) groups excluding carboxylic acids is 1. The molecule has 4 aromatic rings. The second-order valence-electron chi connectivity index (χ2n) is 6.94. The minimum absolute atomic E-state index is 0.0560. The van der Waals surface area contributed by atoms with Crippen molar-refractivity contribution in [1.29, 1.82) is 0 Å². The van der Waals surface area contributed by atoms with Gasteiger partial charge in [0, 0.05) is 27.9 Å². The molecular weight excluding hydrogens is 404 g/mol. The van der Waals surface area contributed by atoms with Crippen LogP contribution < -0.4 is 15.4 Å². The molecule has 0 radical (unpaired) electrons. The molecular formula is C25H22N4O3. The molecule has 0 aliphatic carbocycles. The minimum Gasteiger partial charge on any atom is -0.496 e. The predicted molar refractivity (Wildman–Crippen MR) is 126 cm³/mol. The number of aliphatic hydroxyl groups excluding tert-OH is 1. The van der Waals surface area contributed by atoms with Gasteiger partial charge < -0.3 is 20.5 Å². The van der Waals surface area contributed by atoms with Crippen molar-refractivity contribution in [3.63, 3.8) is 0 Å². The third-order valence-corrected chi connectivity index (χ3v) is 4.83. The summed E-state index contributed by atoms with van der Waals surface area (Å²) in [5.41, 5.74) is 3.67. The molecule has 1 heterocycles. The van der Waals surface area contributed by atoms with Crippen LogP contribution in [0.2, 0.25) is 0 Å².